The van der Waals surface area contributed by atoms with Crippen molar-refractivity contribution in [2.75, 3.05) is 0 Å². The lowest BCUT2D eigenvalue weighted by Gasteiger charge is -2.29. The predicted octanol–water partition coefficient (Wildman–Crippen LogP) is 1.75. The van der Waals surface area contributed by atoms with Gasteiger partial charge in [0.1, 0.15) is 0 Å². The van der Waals surface area contributed by atoms with Gasteiger partial charge in [-0.3, -0.25) is 4.79 Å². The molecule has 4 heteroatoms. The zero-order chi connectivity index (χ0) is 10.7. The van der Waals surface area contributed by atoms with E-state index in [0.29, 0.717) is 0 Å². The summed E-state index contributed by atoms with van der Waals surface area (Å²) >= 11 is 1.54. The van der Waals surface area contributed by atoms with Crippen LogP contribution in [0.5, 0.6) is 0 Å². The maximum absolute atomic E-state index is 11.8. The van der Waals surface area contributed by atoms with Gasteiger partial charge < -0.3 is 11.1 Å². The zero-order valence-corrected chi connectivity index (χ0v) is 9.43. The second-order valence-electron chi connectivity index (χ2n) is 4.04. The SMILES string of the molecule is NC1CCCCC1NC(=O)c1ccsc1. The lowest BCUT2D eigenvalue weighted by Crippen LogP contribution is -2.49. The first-order valence-electron chi connectivity index (χ1n) is 5.36. The lowest BCUT2D eigenvalue weighted by molar-refractivity contribution is 0.0922. The third-order valence-electron chi connectivity index (χ3n) is 2.92. The minimum Gasteiger partial charge on any atom is -0.348 e. The summed E-state index contributed by atoms with van der Waals surface area (Å²) in [5.74, 6) is 0.0126. The van der Waals surface area contributed by atoms with Gasteiger partial charge in [0.15, 0.2) is 0 Å². The van der Waals surface area contributed by atoms with Crippen LogP contribution in [0.2, 0.25) is 0 Å². The fourth-order valence-electron chi connectivity index (χ4n) is 1.98. The molecule has 3 nitrogen and oxygen atoms in total. The van der Waals surface area contributed by atoms with Gasteiger partial charge in [-0.2, -0.15) is 11.3 Å². The quantitative estimate of drug-likeness (QED) is 0.804. The highest BCUT2D eigenvalue weighted by atomic mass is 32.1. The number of thiophene rings is 1. The molecule has 82 valence electrons. The van der Waals surface area contributed by atoms with E-state index in [1.165, 1.54) is 24.2 Å². The van der Waals surface area contributed by atoms with Gasteiger partial charge in [0.2, 0.25) is 0 Å². The Morgan fingerprint density at radius 3 is 2.93 bits per heavy atom. The van der Waals surface area contributed by atoms with Gasteiger partial charge in [-0.05, 0) is 24.3 Å². The minimum atomic E-state index is 0.0126. The smallest absolute Gasteiger partial charge is 0.252 e. The molecule has 0 aliphatic heterocycles. The van der Waals surface area contributed by atoms with E-state index in [9.17, 15) is 4.79 Å². The summed E-state index contributed by atoms with van der Waals surface area (Å²) < 4.78 is 0. The van der Waals surface area contributed by atoms with Crippen LogP contribution in [0.3, 0.4) is 0 Å². The van der Waals surface area contributed by atoms with Crippen molar-refractivity contribution in [3.8, 4) is 0 Å². The number of carbonyl (C=O) groups is 1. The second-order valence-corrected chi connectivity index (χ2v) is 4.82. The van der Waals surface area contributed by atoms with E-state index in [1.807, 2.05) is 16.8 Å². The van der Waals surface area contributed by atoms with Crippen LogP contribution in [0.1, 0.15) is 36.0 Å². The second kappa shape index (κ2) is 4.77. The van der Waals surface area contributed by atoms with Crippen LogP contribution in [0, 0.1) is 0 Å². The van der Waals surface area contributed by atoms with Crippen molar-refractivity contribution < 1.29 is 4.79 Å². The van der Waals surface area contributed by atoms with E-state index in [4.69, 9.17) is 5.73 Å². The zero-order valence-electron chi connectivity index (χ0n) is 8.61. The average molecular weight is 224 g/mol. The number of hydrogen-bond donors (Lipinski definition) is 2. The van der Waals surface area contributed by atoms with Crippen LogP contribution < -0.4 is 11.1 Å². The number of nitrogens with one attached hydrogen (secondary N) is 1. The molecule has 2 unspecified atom stereocenters. The molecule has 0 radical (unpaired) electrons. The molecular weight excluding hydrogens is 208 g/mol. The maximum Gasteiger partial charge on any atom is 0.252 e. The molecule has 3 N–H and O–H groups in total. The van der Waals surface area contributed by atoms with Gasteiger partial charge in [0.05, 0.1) is 0 Å². The van der Waals surface area contributed by atoms with Crippen molar-refractivity contribution in [2.45, 2.75) is 37.8 Å². The molecule has 2 atom stereocenters. The van der Waals surface area contributed by atoms with Crippen molar-refractivity contribution >= 4 is 17.2 Å². The van der Waals surface area contributed by atoms with E-state index in [1.54, 1.807) is 0 Å². The molecule has 0 aromatic carbocycles. The Morgan fingerprint density at radius 2 is 2.27 bits per heavy atom. The molecule has 1 aliphatic carbocycles. The molecule has 1 aromatic rings. The summed E-state index contributed by atoms with van der Waals surface area (Å²) in [5.41, 5.74) is 6.72. The Labute approximate surface area is 93.7 Å². The fourth-order valence-corrected chi connectivity index (χ4v) is 2.62. The highest BCUT2D eigenvalue weighted by Crippen LogP contribution is 2.17. The fraction of sp³-hybridized carbons (Fsp3) is 0.545. The van der Waals surface area contributed by atoms with E-state index in [-0.39, 0.29) is 18.0 Å². The summed E-state index contributed by atoms with van der Waals surface area (Å²) in [6.45, 7) is 0. The van der Waals surface area contributed by atoms with E-state index < -0.39 is 0 Å². The third kappa shape index (κ3) is 2.58. The van der Waals surface area contributed by atoms with Gasteiger partial charge in [-0.1, -0.05) is 12.8 Å². The standard InChI is InChI=1S/C11H16N2OS/c12-9-3-1-2-4-10(9)13-11(14)8-5-6-15-7-8/h5-7,9-10H,1-4,12H2,(H,13,14). The summed E-state index contributed by atoms with van der Waals surface area (Å²) in [7, 11) is 0. The number of nitrogens with two attached hydrogens (primary N) is 1. The third-order valence-corrected chi connectivity index (χ3v) is 3.60. The van der Waals surface area contributed by atoms with Gasteiger partial charge in [-0.25, -0.2) is 0 Å². The van der Waals surface area contributed by atoms with Gasteiger partial charge in [-0.15, -0.1) is 0 Å². The van der Waals surface area contributed by atoms with Crippen LogP contribution in [0.4, 0.5) is 0 Å². The van der Waals surface area contributed by atoms with Crippen molar-refractivity contribution in [3.63, 3.8) is 0 Å². The highest BCUT2D eigenvalue weighted by Gasteiger charge is 2.23. The Bertz CT molecular complexity index is 323. The topological polar surface area (TPSA) is 55.1 Å². The maximum atomic E-state index is 11.8. The summed E-state index contributed by atoms with van der Waals surface area (Å²) in [6.07, 6.45) is 4.39. The molecule has 0 saturated heterocycles. The molecule has 1 fully saturated rings. The number of hydrogen-bond acceptors (Lipinski definition) is 3. The Kier molecular flexibility index (Phi) is 3.38. The monoisotopic (exact) mass is 224 g/mol. The van der Waals surface area contributed by atoms with E-state index in [0.717, 1.165) is 18.4 Å². The molecule has 1 aromatic heterocycles. The Balaban J connectivity index is 1.93. The van der Waals surface area contributed by atoms with Crippen LogP contribution in [0.15, 0.2) is 16.8 Å². The molecule has 1 heterocycles. The molecule has 1 aliphatic rings. The van der Waals surface area contributed by atoms with Crippen LogP contribution in [-0.4, -0.2) is 18.0 Å². The summed E-state index contributed by atoms with van der Waals surface area (Å²) in [6, 6.07) is 2.13. The van der Waals surface area contributed by atoms with E-state index >= 15 is 0 Å². The minimum absolute atomic E-state index is 0.0126. The average Bonchev–Trinajstić information content (AvgIpc) is 2.74. The first-order chi connectivity index (χ1) is 7.27. The van der Waals surface area contributed by atoms with E-state index in [2.05, 4.69) is 5.32 Å². The summed E-state index contributed by atoms with van der Waals surface area (Å²) in [4.78, 5) is 11.8. The molecule has 0 bridgehead atoms. The normalized spacial score (nSPS) is 26.2. The summed E-state index contributed by atoms with van der Waals surface area (Å²) in [5, 5.41) is 6.79. The van der Waals surface area contributed by atoms with Crippen molar-refractivity contribution in [1.29, 1.82) is 0 Å². The van der Waals surface area contributed by atoms with Crippen LogP contribution in [-0.2, 0) is 0 Å². The first-order valence-corrected chi connectivity index (χ1v) is 6.30. The molecule has 0 spiro atoms. The molecule has 1 saturated carbocycles. The van der Waals surface area contributed by atoms with Crippen LogP contribution >= 0.6 is 11.3 Å². The van der Waals surface area contributed by atoms with Crippen molar-refractivity contribution in [1.82, 2.24) is 5.32 Å². The predicted molar refractivity (Wildman–Crippen MR) is 62.0 cm³/mol. The van der Waals surface area contributed by atoms with Gasteiger partial charge >= 0.3 is 0 Å². The Morgan fingerprint density at radius 1 is 1.47 bits per heavy atom. The van der Waals surface area contributed by atoms with Crippen molar-refractivity contribution in [3.05, 3.63) is 22.4 Å². The number of carbonyl (C=O) groups excluding carboxylic acids is 1. The first kappa shape index (κ1) is 10.6. The lowest BCUT2D eigenvalue weighted by atomic mass is 9.91. The van der Waals surface area contributed by atoms with Crippen LogP contribution in [0.25, 0.3) is 0 Å². The molecule has 1 amide bonds. The van der Waals surface area contributed by atoms with Gasteiger partial charge in [0.25, 0.3) is 5.91 Å². The number of rotatable bonds is 2. The highest BCUT2D eigenvalue weighted by molar-refractivity contribution is 7.08. The molecule has 15 heavy (non-hydrogen) atoms. The van der Waals surface area contributed by atoms with Crippen molar-refractivity contribution in [2.24, 2.45) is 5.73 Å². The number of amides is 1. The molecule has 2 rings (SSSR count). The van der Waals surface area contributed by atoms with Gasteiger partial charge in [0, 0.05) is 23.0 Å². The Hall–Kier alpha value is -0.870. The largest absolute Gasteiger partial charge is 0.348 e. The molecular formula is C11H16N2OS.